The third-order valence-corrected chi connectivity index (χ3v) is 7.56. The van der Waals surface area contributed by atoms with Gasteiger partial charge < -0.3 is 10.1 Å². The lowest BCUT2D eigenvalue weighted by Gasteiger charge is -2.24. The molecule has 5 rings (SSSR count). The van der Waals surface area contributed by atoms with Crippen LogP contribution in [-0.4, -0.2) is 21.4 Å². The summed E-state index contributed by atoms with van der Waals surface area (Å²) < 4.78 is 8.53. The first kappa shape index (κ1) is 28.6. The topological polar surface area (TPSA) is 82.3 Å². The second kappa shape index (κ2) is 11.5. The van der Waals surface area contributed by atoms with Crippen LogP contribution in [0.5, 0.6) is 0 Å². The van der Waals surface area contributed by atoms with Crippen molar-refractivity contribution in [2.45, 2.75) is 45.8 Å². The Kier molecular flexibility index (Phi) is 7.85. The van der Waals surface area contributed by atoms with Gasteiger partial charge in [-0.3, -0.25) is 9.48 Å². The first-order chi connectivity index (χ1) is 20.1. The Morgan fingerprint density at radius 3 is 2.02 bits per heavy atom. The average Bonchev–Trinajstić information content (AvgIpc) is 3.24. The van der Waals surface area contributed by atoms with Crippen molar-refractivity contribution in [2.75, 3.05) is 0 Å². The Balaban J connectivity index is 1.48. The zero-order valence-corrected chi connectivity index (χ0v) is 24.5. The van der Waals surface area contributed by atoms with Gasteiger partial charge in [-0.2, -0.15) is 4.68 Å². The molecule has 42 heavy (non-hydrogen) atoms. The van der Waals surface area contributed by atoms with Crippen LogP contribution in [0.1, 0.15) is 65.1 Å². The molecule has 1 N–H and O–H groups in total. The monoisotopic (exact) mass is 561 g/mol. The number of nitrogens with zero attached hydrogens (tertiary/aromatic N) is 2. The fourth-order valence-electron chi connectivity index (χ4n) is 5.44. The first-order valence-electron chi connectivity index (χ1n) is 14.0. The fourth-order valence-corrected chi connectivity index (χ4v) is 5.44. The van der Waals surface area contributed by atoms with Gasteiger partial charge in [0.25, 0.3) is 5.56 Å². The van der Waals surface area contributed by atoms with E-state index in [0.29, 0.717) is 5.52 Å². The van der Waals surface area contributed by atoms with Gasteiger partial charge in [-0.05, 0) is 52.3 Å². The highest BCUT2D eigenvalue weighted by molar-refractivity contribution is 6.03. The van der Waals surface area contributed by atoms with Gasteiger partial charge in [0.05, 0.1) is 16.5 Å². The summed E-state index contributed by atoms with van der Waals surface area (Å²) in [5, 5.41) is 3.18. The average molecular weight is 562 g/mol. The van der Waals surface area contributed by atoms with Crippen LogP contribution in [0.15, 0.2) is 102 Å². The number of rotatable bonds is 6. The molecule has 1 amide bonds. The molecule has 1 heterocycles. The van der Waals surface area contributed by atoms with Gasteiger partial charge in [-0.15, -0.1) is 0 Å². The Bertz CT molecular complexity index is 1770. The standard InChI is InChI=1S/C35H35N3O4/c1-23-14-12-21-29(35(2,3)4)28(23)22-36-34(41)38-32(39)26-19-13-20-27(30(26)37(38)5)33(40)42-31(24-15-8-6-9-16-24)25-17-10-7-11-18-25/h6-21,31H,22H2,1-5H3,(H,36,41). The van der Waals surface area contributed by atoms with Crippen LogP contribution >= 0.6 is 0 Å². The number of carbonyl (C=O) groups is 2. The molecule has 0 aliphatic rings. The predicted molar refractivity (Wildman–Crippen MR) is 165 cm³/mol. The number of para-hydroxylation sites is 1. The molecule has 0 bridgehead atoms. The lowest BCUT2D eigenvalue weighted by Crippen LogP contribution is -2.38. The highest BCUT2D eigenvalue weighted by Crippen LogP contribution is 2.29. The Morgan fingerprint density at radius 2 is 1.43 bits per heavy atom. The minimum absolute atomic E-state index is 0.116. The van der Waals surface area contributed by atoms with Crippen molar-refractivity contribution in [3.8, 4) is 0 Å². The van der Waals surface area contributed by atoms with E-state index in [2.05, 4.69) is 32.2 Å². The number of benzene rings is 4. The number of carbonyl (C=O) groups excluding carboxylic acids is 2. The molecule has 0 saturated carbocycles. The Labute approximate surface area is 245 Å². The summed E-state index contributed by atoms with van der Waals surface area (Å²) in [7, 11) is 1.60. The first-order valence-corrected chi connectivity index (χ1v) is 14.0. The zero-order chi connectivity index (χ0) is 30.0. The Morgan fingerprint density at radius 1 is 0.833 bits per heavy atom. The summed E-state index contributed by atoms with van der Waals surface area (Å²) in [6, 6.07) is 29.4. The summed E-state index contributed by atoms with van der Waals surface area (Å²) in [5.74, 6) is -0.596. The van der Waals surface area contributed by atoms with Gasteiger partial charge in [0, 0.05) is 13.6 Å². The summed E-state index contributed by atoms with van der Waals surface area (Å²) in [5.41, 5.74) is 4.74. The van der Waals surface area contributed by atoms with E-state index in [9.17, 15) is 14.4 Å². The van der Waals surface area contributed by atoms with E-state index >= 15 is 0 Å². The van der Waals surface area contributed by atoms with Crippen LogP contribution in [-0.2, 0) is 23.7 Å². The maximum absolute atomic E-state index is 13.7. The van der Waals surface area contributed by atoms with Crippen molar-refractivity contribution in [1.29, 1.82) is 0 Å². The largest absolute Gasteiger partial charge is 0.449 e. The quantitative estimate of drug-likeness (QED) is 0.235. The summed E-state index contributed by atoms with van der Waals surface area (Å²) in [4.78, 5) is 40.6. The van der Waals surface area contributed by atoms with Crippen LogP contribution in [0.4, 0.5) is 4.79 Å². The minimum Gasteiger partial charge on any atom is -0.449 e. The van der Waals surface area contributed by atoms with E-state index in [0.717, 1.165) is 32.5 Å². The summed E-state index contributed by atoms with van der Waals surface area (Å²) in [6.07, 6.45) is -0.649. The highest BCUT2D eigenvalue weighted by atomic mass is 16.5. The molecule has 0 aliphatic heterocycles. The van der Waals surface area contributed by atoms with Gasteiger partial charge in [0.1, 0.15) is 0 Å². The van der Waals surface area contributed by atoms with Crippen molar-refractivity contribution < 1.29 is 14.3 Å². The van der Waals surface area contributed by atoms with Crippen LogP contribution in [0, 0.1) is 6.92 Å². The molecule has 5 aromatic rings. The molecule has 0 aliphatic carbocycles. The van der Waals surface area contributed by atoms with E-state index in [1.165, 1.54) is 4.68 Å². The maximum atomic E-state index is 13.7. The number of fused-ring (bicyclic) bond motifs is 1. The molecule has 0 atom stereocenters. The van der Waals surface area contributed by atoms with E-state index in [1.54, 1.807) is 25.2 Å². The van der Waals surface area contributed by atoms with Crippen molar-refractivity contribution in [3.05, 3.63) is 141 Å². The van der Waals surface area contributed by atoms with Crippen molar-refractivity contribution in [1.82, 2.24) is 14.7 Å². The third kappa shape index (κ3) is 5.50. The second-order valence-electron chi connectivity index (χ2n) is 11.5. The van der Waals surface area contributed by atoms with Crippen molar-refractivity contribution >= 4 is 22.9 Å². The van der Waals surface area contributed by atoms with Crippen molar-refractivity contribution in [2.24, 2.45) is 7.05 Å². The number of amides is 1. The lowest BCUT2D eigenvalue weighted by atomic mass is 9.82. The molecule has 0 unspecified atom stereocenters. The second-order valence-corrected chi connectivity index (χ2v) is 11.5. The SMILES string of the molecule is Cc1cccc(C(C)(C)C)c1CNC(=O)n1c(=O)c2cccc(C(=O)OC(c3ccccc3)c3ccccc3)c2n1C. The van der Waals surface area contributed by atoms with Gasteiger partial charge in [-0.25, -0.2) is 9.59 Å². The fraction of sp³-hybridized carbons (Fsp3) is 0.229. The molecular formula is C35H35N3O4. The van der Waals surface area contributed by atoms with Gasteiger partial charge in [0.2, 0.25) is 0 Å². The summed E-state index contributed by atoms with van der Waals surface area (Å²) in [6.45, 7) is 8.65. The van der Waals surface area contributed by atoms with E-state index in [1.807, 2.05) is 79.7 Å². The number of nitrogens with one attached hydrogen (secondary N) is 1. The molecule has 7 nitrogen and oxygen atoms in total. The van der Waals surface area contributed by atoms with Crippen LogP contribution in [0.25, 0.3) is 10.9 Å². The molecular weight excluding hydrogens is 526 g/mol. The molecule has 0 fully saturated rings. The molecule has 1 aromatic heterocycles. The van der Waals surface area contributed by atoms with Gasteiger partial charge in [0.15, 0.2) is 6.10 Å². The number of ether oxygens (including phenoxy) is 1. The molecule has 0 radical (unpaired) electrons. The highest BCUT2D eigenvalue weighted by Gasteiger charge is 2.26. The number of esters is 1. The number of hydrogen-bond donors (Lipinski definition) is 1. The smallest absolute Gasteiger partial charge is 0.344 e. The Hall–Kier alpha value is -4.91. The van der Waals surface area contributed by atoms with E-state index in [4.69, 9.17) is 4.74 Å². The van der Waals surface area contributed by atoms with Gasteiger partial charge in [-0.1, -0.05) is 106 Å². The zero-order valence-electron chi connectivity index (χ0n) is 24.5. The van der Waals surface area contributed by atoms with Gasteiger partial charge >= 0.3 is 12.0 Å². The lowest BCUT2D eigenvalue weighted by molar-refractivity contribution is 0.0380. The van der Waals surface area contributed by atoms with E-state index in [-0.39, 0.29) is 22.9 Å². The normalized spacial score (nSPS) is 11.6. The maximum Gasteiger partial charge on any atom is 0.344 e. The van der Waals surface area contributed by atoms with Crippen LogP contribution in [0.2, 0.25) is 0 Å². The molecule has 7 heteroatoms. The number of aryl methyl sites for hydroxylation is 2. The number of hydrogen-bond acceptors (Lipinski definition) is 4. The number of aromatic nitrogens is 2. The van der Waals surface area contributed by atoms with Crippen molar-refractivity contribution in [3.63, 3.8) is 0 Å². The van der Waals surface area contributed by atoms with Crippen LogP contribution < -0.4 is 10.9 Å². The molecule has 0 spiro atoms. The minimum atomic E-state index is -0.649. The predicted octanol–water partition coefficient (Wildman–Crippen LogP) is 6.65. The third-order valence-electron chi connectivity index (χ3n) is 7.56. The molecule has 4 aromatic carbocycles. The van der Waals surface area contributed by atoms with E-state index < -0.39 is 23.7 Å². The molecule has 0 saturated heterocycles. The summed E-state index contributed by atoms with van der Waals surface area (Å²) >= 11 is 0. The van der Waals surface area contributed by atoms with Crippen LogP contribution in [0.3, 0.4) is 0 Å². The molecule has 214 valence electrons.